The van der Waals surface area contributed by atoms with Crippen LogP contribution < -0.4 is 0 Å². The van der Waals surface area contributed by atoms with Crippen molar-refractivity contribution in [3.63, 3.8) is 0 Å². The van der Waals surface area contributed by atoms with E-state index in [4.69, 9.17) is 0 Å². The van der Waals surface area contributed by atoms with Gasteiger partial charge in [-0.25, -0.2) is 0 Å². The molecule has 0 heterocycles. The molecule has 0 amide bonds. The largest absolute Gasteiger partial charge is 0.396 e. The third-order valence-corrected chi connectivity index (χ3v) is 5.02. The summed E-state index contributed by atoms with van der Waals surface area (Å²) in [6.07, 6.45) is 7.94. The second-order valence-corrected chi connectivity index (χ2v) is 5.68. The summed E-state index contributed by atoms with van der Waals surface area (Å²) in [6, 6.07) is 0. The van der Waals surface area contributed by atoms with Gasteiger partial charge in [0.2, 0.25) is 0 Å². The number of rotatable bonds is 2. The second kappa shape index (κ2) is 2.98. The van der Waals surface area contributed by atoms with Gasteiger partial charge in [0, 0.05) is 6.61 Å². The van der Waals surface area contributed by atoms with Gasteiger partial charge in [-0.3, -0.25) is 0 Å². The Bertz CT molecular complexity index is 171. The van der Waals surface area contributed by atoms with Gasteiger partial charge in [-0.1, -0.05) is 13.8 Å². The monoisotopic (exact) mass is 182 g/mol. The second-order valence-electron chi connectivity index (χ2n) is 5.68. The predicted molar refractivity (Wildman–Crippen MR) is 54.5 cm³/mol. The molecule has 1 heteroatoms. The number of aliphatic hydroxyl groups is 1. The van der Waals surface area contributed by atoms with Gasteiger partial charge in [-0.2, -0.15) is 0 Å². The van der Waals surface area contributed by atoms with Crippen molar-refractivity contribution in [2.45, 2.75) is 52.4 Å². The summed E-state index contributed by atoms with van der Waals surface area (Å²) < 4.78 is 0. The number of fused-ring (bicyclic) bond motifs is 3. The van der Waals surface area contributed by atoms with E-state index in [1.165, 1.54) is 38.5 Å². The molecule has 13 heavy (non-hydrogen) atoms. The summed E-state index contributed by atoms with van der Waals surface area (Å²) >= 11 is 0. The van der Waals surface area contributed by atoms with Crippen LogP contribution in [0.5, 0.6) is 0 Å². The molecule has 76 valence electrons. The molecule has 2 bridgehead atoms. The molecular weight excluding hydrogens is 160 g/mol. The Morgan fingerprint density at radius 2 is 1.46 bits per heavy atom. The molecule has 0 atom stereocenters. The standard InChI is InChI=1S/C12H22O/c1-10(2)12-6-3-11(9-13,4-7-12)5-8-12/h10,13H,3-9H2,1-2H3. The molecule has 3 aliphatic rings. The van der Waals surface area contributed by atoms with Gasteiger partial charge in [0.1, 0.15) is 0 Å². The van der Waals surface area contributed by atoms with Crippen LogP contribution in [0.4, 0.5) is 0 Å². The third kappa shape index (κ3) is 1.32. The molecule has 1 nitrogen and oxygen atoms in total. The molecule has 0 aromatic rings. The minimum atomic E-state index is 0.344. The molecule has 0 spiro atoms. The molecule has 3 saturated carbocycles. The lowest BCUT2D eigenvalue weighted by atomic mass is 9.51. The molecule has 3 aliphatic carbocycles. The highest BCUT2D eigenvalue weighted by molar-refractivity contribution is 5.00. The molecule has 0 radical (unpaired) electrons. The lowest BCUT2D eigenvalue weighted by Crippen LogP contribution is -2.45. The zero-order valence-electron chi connectivity index (χ0n) is 8.97. The van der Waals surface area contributed by atoms with Crippen LogP contribution in [0.1, 0.15) is 52.4 Å². The van der Waals surface area contributed by atoms with E-state index in [2.05, 4.69) is 13.8 Å². The maximum Gasteiger partial charge on any atom is 0.0487 e. The number of hydrogen-bond donors (Lipinski definition) is 1. The summed E-state index contributed by atoms with van der Waals surface area (Å²) in [5.41, 5.74) is 0.994. The van der Waals surface area contributed by atoms with Gasteiger partial charge in [-0.05, 0) is 55.3 Å². The Kier molecular flexibility index (Phi) is 2.18. The first-order chi connectivity index (χ1) is 6.13. The van der Waals surface area contributed by atoms with Crippen LogP contribution in [0.15, 0.2) is 0 Å². The van der Waals surface area contributed by atoms with E-state index >= 15 is 0 Å². The van der Waals surface area contributed by atoms with E-state index in [-0.39, 0.29) is 0 Å². The molecule has 0 aromatic heterocycles. The Morgan fingerprint density at radius 1 is 1.00 bits per heavy atom. The first-order valence-electron chi connectivity index (χ1n) is 5.73. The van der Waals surface area contributed by atoms with Gasteiger partial charge in [0.25, 0.3) is 0 Å². The molecule has 1 N–H and O–H groups in total. The van der Waals surface area contributed by atoms with Crippen LogP contribution in [0.2, 0.25) is 0 Å². The summed E-state index contributed by atoms with van der Waals surface area (Å²) in [5, 5.41) is 9.39. The van der Waals surface area contributed by atoms with Gasteiger partial charge >= 0.3 is 0 Å². The quantitative estimate of drug-likeness (QED) is 0.696. The van der Waals surface area contributed by atoms with Crippen molar-refractivity contribution in [3.05, 3.63) is 0 Å². The summed E-state index contributed by atoms with van der Waals surface area (Å²) in [4.78, 5) is 0. The summed E-state index contributed by atoms with van der Waals surface area (Å²) in [6.45, 7) is 5.18. The fraction of sp³-hybridized carbons (Fsp3) is 1.00. The molecule has 0 saturated heterocycles. The van der Waals surface area contributed by atoms with Crippen LogP contribution in [-0.4, -0.2) is 11.7 Å². The zero-order chi connectivity index (χ0) is 9.53. The maximum absolute atomic E-state index is 9.39. The third-order valence-electron chi connectivity index (χ3n) is 5.02. The Balaban J connectivity index is 2.11. The molecular formula is C12H22O. The van der Waals surface area contributed by atoms with E-state index in [0.29, 0.717) is 17.4 Å². The van der Waals surface area contributed by atoms with Gasteiger partial charge < -0.3 is 5.11 Å². The lowest BCUT2D eigenvalue weighted by Gasteiger charge is -2.55. The van der Waals surface area contributed by atoms with E-state index < -0.39 is 0 Å². The van der Waals surface area contributed by atoms with Gasteiger partial charge in [-0.15, -0.1) is 0 Å². The molecule has 0 aliphatic heterocycles. The minimum Gasteiger partial charge on any atom is -0.396 e. The average Bonchev–Trinajstić information content (AvgIpc) is 2.20. The highest BCUT2D eigenvalue weighted by Crippen LogP contribution is 2.59. The van der Waals surface area contributed by atoms with Crippen LogP contribution in [0.25, 0.3) is 0 Å². The highest BCUT2D eigenvalue weighted by atomic mass is 16.3. The predicted octanol–water partition coefficient (Wildman–Crippen LogP) is 2.98. The highest BCUT2D eigenvalue weighted by Gasteiger charge is 2.49. The number of aliphatic hydroxyl groups excluding tert-OH is 1. The van der Waals surface area contributed by atoms with E-state index in [0.717, 1.165) is 5.92 Å². The summed E-state index contributed by atoms with van der Waals surface area (Å²) in [5.74, 6) is 0.837. The molecule has 0 unspecified atom stereocenters. The van der Waals surface area contributed by atoms with Crippen molar-refractivity contribution in [1.82, 2.24) is 0 Å². The van der Waals surface area contributed by atoms with Crippen molar-refractivity contribution in [2.75, 3.05) is 6.61 Å². The SMILES string of the molecule is CC(C)C12CCC(CO)(CC1)CC2. The number of hydrogen-bond acceptors (Lipinski definition) is 1. The first kappa shape index (κ1) is 9.51. The average molecular weight is 182 g/mol. The Hall–Kier alpha value is -0.0400. The molecule has 0 aromatic carbocycles. The Labute approximate surface area is 81.5 Å². The topological polar surface area (TPSA) is 20.2 Å². The van der Waals surface area contributed by atoms with Gasteiger partial charge in [0.15, 0.2) is 0 Å². The van der Waals surface area contributed by atoms with Crippen LogP contribution in [0, 0.1) is 16.7 Å². The smallest absolute Gasteiger partial charge is 0.0487 e. The van der Waals surface area contributed by atoms with Crippen molar-refractivity contribution in [2.24, 2.45) is 16.7 Å². The van der Waals surface area contributed by atoms with Gasteiger partial charge in [0.05, 0.1) is 0 Å². The van der Waals surface area contributed by atoms with E-state index in [9.17, 15) is 5.11 Å². The normalized spacial score (nSPS) is 44.3. The van der Waals surface area contributed by atoms with E-state index in [1.54, 1.807) is 0 Å². The minimum absolute atomic E-state index is 0.344. The fourth-order valence-corrected chi connectivity index (χ4v) is 3.40. The van der Waals surface area contributed by atoms with Crippen LogP contribution in [0.3, 0.4) is 0 Å². The fourth-order valence-electron chi connectivity index (χ4n) is 3.40. The van der Waals surface area contributed by atoms with Crippen LogP contribution >= 0.6 is 0 Å². The first-order valence-corrected chi connectivity index (χ1v) is 5.73. The van der Waals surface area contributed by atoms with Crippen molar-refractivity contribution in [3.8, 4) is 0 Å². The zero-order valence-corrected chi connectivity index (χ0v) is 8.97. The van der Waals surface area contributed by atoms with Crippen molar-refractivity contribution < 1.29 is 5.11 Å². The lowest BCUT2D eigenvalue weighted by molar-refractivity contribution is -0.0641. The molecule has 3 fully saturated rings. The maximum atomic E-state index is 9.39. The van der Waals surface area contributed by atoms with E-state index in [1.807, 2.05) is 0 Å². The van der Waals surface area contributed by atoms with Crippen LogP contribution in [-0.2, 0) is 0 Å². The van der Waals surface area contributed by atoms with Crippen molar-refractivity contribution >= 4 is 0 Å². The molecule has 3 rings (SSSR count). The summed E-state index contributed by atoms with van der Waals surface area (Å²) in [7, 11) is 0. The Morgan fingerprint density at radius 3 is 1.77 bits per heavy atom. The van der Waals surface area contributed by atoms with Crippen molar-refractivity contribution in [1.29, 1.82) is 0 Å².